The van der Waals surface area contributed by atoms with Crippen LogP contribution in [0.3, 0.4) is 0 Å². The summed E-state index contributed by atoms with van der Waals surface area (Å²) in [5.74, 6) is 2.09. The van der Waals surface area contributed by atoms with E-state index in [4.69, 9.17) is 11.5 Å². The molecule has 2 aliphatic heterocycles. The highest BCUT2D eigenvalue weighted by molar-refractivity contribution is 5.89. The predicted octanol–water partition coefficient (Wildman–Crippen LogP) is -0.314. The van der Waals surface area contributed by atoms with Crippen molar-refractivity contribution in [3.05, 3.63) is 52.6 Å². The molecule has 3 unspecified atom stereocenters. The van der Waals surface area contributed by atoms with Crippen molar-refractivity contribution in [2.24, 2.45) is 29.2 Å². The van der Waals surface area contributed by atoms with Gasteiger partial charge < -0.3 is 26.4 Å². The fourth-order valence-corrected chi connectivity index (χ4v) is 6.05. The van der Waals surface area contributed by atoms with E-state index in [0.717, 1.165) is 43.8 Å². The second kappa shape index (κ2) is 11.3. The lowest BCUT2D eigenvalue weighted by molar-refractivity contribution is -0.139. The summed E-state index contributed by atoms with van der Waals surface area (Å²) in [5, 5.41) is 12.0. The van der Waals surface area contributed by atoms with Crippen molar-refractivity contribution in [2.45, 2.75) is 31.8 Å². The molecule has 40 heavy (non-hydrogen) atoms. The first kappa shape index (κ1) is 28.2. The van der Waals surface area contributed by atoms with Crippen LogP contribution in [0.2, 0.25) is 0 Å². The lowest BCUT2D eigenvalue weighted by Gasteiger charge is -2.37. The minimum atomic E-state index is -1.35. The molecule has 12 heteroatoms. The first-order chi connectivity index (χ1) is 19.1. The lowest BCUT2D eigenvalue weighted by Crippen LogP contribution is -2.60. The number of piperidine rings is 1. The van der Waals surface area contributed by atoms with Gasteiger partial charge in [-0.1, -0.05) is 12.1 Å². The van der Waals surface area contributed by atoms with Crippen molar-refractivity contribution in [3.8, 4) is 5.69 Å². The third kappa shape index (κ3) is 5.75. The molecule has 2 saturated heterocycles. The molecule has 12 nitrogen and oxygen atoms in total. The van der Waals surface area contributed by atoms with Gasteiger partial charge >= 0.3 is 11.7 Å². The third-order valence-corrected chi connectivity index (χ3v) is 8.75. The van der Waals surface area contributed by atoms with Crippen LogP contribution in [0, 0.1) is 17.8 Å². The summed E-state index contributed by atoms with van der Waals surface area (Å²) in [4.78, 5) is 47.6. The summed E-state index contributed by atoms with van der Waals surface area (Å²) in [7, 11) is 0. The number of rotatable bonds is 8. The van der Waals surface area contributed by atoms with Crippen LogP contribution in [0.4, 0.5) is 10.6 Å². The maximum Gasteiger partial charge on any atom is 0.354 e. The minimum Gasteiger partial charge on any atom is -0.394 e. The van der Waals surface area contributed by atoms with Crippen molar-refractivity contribution < 1.29 is 14.7 Å². The predicted molar refractivity (Wildman–Crippen MR) is 151 cm³/mol. The van der Waals surface area contributed by atoms with Crippen molar-refractivity contribution >= 4 is 17.8 Å². The molecule has 5 rings (SSSR count). The molecule has 3 amide bonds. The van der Waals surface area contributed by atoms with Gasteiger partial charge in [0.2, 0.25) is 5.91 Å². The summed E-state index contributed by atoms with van der Waals surface area (Å²) in [6.45, 7) is 7.59. The average molecular weight is 553 g/mol. The van der Waals surface area contributed by atoms with Crippen LogP contribution in [0.1, 0.15) is 19.4 Å². The number of carbonyl (C=O) groups excluding carboxylic acids is 2. The molecule has 3 heterocycles. The van der Waals surface area contributed by atoms with Crippen LogP contribution in [-0.4, -0.2) is 105 Å². The van der Waals surface area contributed by atoms with Gasteiger partial charge in [0.1, 0.15) is 11.4 Å². The number of anilines is 1. The number of nitrogens with zero attached hydrogens (tertiary/aromatic N) is 5. The van der Waals surface area contributed by atoms with E-state index in [9.17, 15) is 19.5 Å². The van der Waals surface area contributed by atoms with Gasteiger partial charge in [0.25, 0.3) is 0 Å². The zero-order valence-corrected chi connectivity index (χ0v) is 23.2. The minimum absolute atomic E-state index is 0.158. The van der Waals surface area contributed by atoms with Crippen LogP contribution in [-0.2, 0) is 11.2 Å². The first-order valence-electron chi connectivity index (χ1n) is 14.0. The fourth-order valence-electron chi connectivity index (χ4n) is 6.05. The van der Waals surface area contributed by atoms with E-state index in [-0.39, 0.29) is 11.7 Å². The summed E-state index contributed by atoms with van der Waals surface area (Å²) >= 11 is 0. The number of nitrogens with two attached hydrogens (primary N) is 2. The van der Waals surface area contributed by atoms with Gasteiger partial charge in [0, 0.05) is 51.5 Å². The van der Waals surface area contributed by atoms with Gasteiger partial charge in [-0.05, 0) is 68.3 Å². The molecule has 216 valence electrons. The van der Waals surface area contributed by atoms with E-state index in [1.807, 2.05) is 24.3 Å². The Labute approximate surface area is 233 Å². The quantitative estimate of drug-likeness (QED) is 0.346. The highest BCUT2D eigenvalue weighted by Gasteiger charge is 2.55. The van der Waals surface area contributed by atoms with Gasteiger partial charge in [-0.3, -0.25) is 19.6 Å². The molecule has 4 atom stereocenters. The summed E-state index contributed by atoms with van der Waals surface area (Å²) in [6, 6.07) is 9.56. The van der Waals surface area contributed by atoms with Crippen LogP contribution in [0.15, 0.2) is 41.3 Å². The van der Waals surface area contributed by atoms with Crippen molar-refractivity contribution in [1.29, 1.82) is 0 Å². The number of piperazine rings is 1. The highest BCUT2D eigenvalue weighted by atomic mass is 16.3. The number of fused-ring (bicyclic) bond motifs is 1. The number of aliphatic hydroxyl groups excluding tert-OH is 1. The molecule has 3 aliphatic rings. The Kier molecular flexibility index (Phi) is 7.96. The number of hydrogen-bond donors (Lipinski definition) is 4. The number of aromatic nitrogens is 2. The summed E-state index contributed by atoms with van der Waals surface area (Å²) in [6.07, 6.45) is 2.54. The molecule has 6 N–H and O–H groups in total. The summed E-state index contributed by atoms with van der Waals surface area (Å²) < 4.78 is 1.44. The zero-order chi connectivity index (χ0) is 28.6. The number of benzene rings is 1. The van der Waals surface area contributed by atoms with Crippen LogP contribution >= 0.6 is 0 Å². The van der Waals surface area contributed by atoms with Crippen molar-refractivity contribution in [2.75, 3.05) is 57.7 Å². The largest absolute Gasteiger partial charge is 0.394 e. The van der Waals surface area contributed by atoms with Gasteiger partial charge in [0.05, 0.1) is 12.3 Å². The normalized spacial score (nSPS) is 24.8. The van der Waals surface area contributed by atoms with E-state index in [1.54, 1.807) is 17.2 Å². The van der Waals surface area contributed by atoms with Crippen LogP contribution in [0.25, 0.3) is 5.69 Å². The lowest BCUT2D eigenvalue weighted by atomic mass is 10.0. The Morgan fingerprint density at radius 1 is 1.10 bits per heavy atom. The molecule has 1 aromatic carbocycles. The van der Waals surface area contributed by atoms with E-state index < -0.39 is 23.9 Å². The highest BCUT2D eigenvalue weighted by Crippen LogP contribution is 2.51. The summed E-state index contributed by atoms with van der Waals surface area (Å²) in [5.41, 5.74) is 11.8. The van der Waals surface area contributed by atoms with Gasteiger partial charge in [0.15, 0.2) is 0 Å². The van der Waals surface area contributed by atoms with Gasteiger partial charge in [-0.25, -0.2) is 9.59 Å². The third-order valence-electron chi connectivity index (χ3n) is 8.75. The molecule has 1 saturated carbocycles. The Bertz CT molecular complexity index is 1280. The molecule has 0 radical (unpaired) electrons. The number of nitrogens with one attached hydrogen (secondary N) is 1. The number of carbonyl (C=O) groups is 2. The van der Waals surface area contributed by atoms with Crippen molar-refractivity contribution in [1.82, 2.24) is 24.3 Å². The van der Waals surface area contributed by atoms with Crippen LogP contribution < -0.4 is 22.5 Å². The molecule has 2 aromatic rings. The second-order valence-corrected chi connectivity index (χ2v) is 11.7. The van der Waals surface area contributed by atoms with Gasteiger partial charge in [-0.2, -0.15) is 4.98 Å². The second-order valence-electron chi connectivity index (χ2n) is 11.7. The van der Waals surface area contributed by atoms with E-state index >= 15 is 0 Å². The zero-order valence-electron chi connectivity index (χ0n) is 23.2. The average Bonchev–Trinajstić information content (AvgIpc) is 3.42. The molecular weight excluding hydrogens is 512 g/mol. The smallest absolute Gasteiger partial charge is 0.354 e. The number of hydrogen-bond acceptors (Lipinski definition) is 8. The monoisotopic (exact) mass is 552 g/mol. The van der Waals surface area contributed by atoms with Crippen molar-refractivity contribution in [3.63, 3.8) is 0 Å². The van der Waals surface area contributed by atoms with Crippen LogP contribution in [0.5, 0.6) is 0 Å². The molecule has 1 aliphatic carbocycles. The Hall–Kier alpha value is -3.32. The fraction of sp³-hybridized carbons (Fsp3) is 0.571. The van der Waals surface area contributed by atoms with E-state index in [0.29, 0.717) is 37.9 Å². The van der Waals surface area contributed by atoms with E-state index in [1.165, 1.54) is 22.0 Å². The molecular formula is C28H40N8O4. The maximum absolute atomic E-state index is 12.8. The number of amides is 3. The first-order valence-corrected chi connectivity index (χ1v) is 14.0. The van der Waals surface area contributed by atoms with E-state index in [2.05, 4.69) is 22.1 Å². The number of likely N-dealkylation sites (tertiary alicyclic amines) is 1. The number of aliphatic hydroxyl groups is 1. The Balaban J connectivity index is 1.13. The number of urea groups is 1. The molecule has 0 spiro atoms. The maximum atomic E-state index is 12.8. The molecule has 0 bridgehead atoms. The Morgan fingerprint density at radius 3 is 2.30 bits per heavy atom. The standard InChI is InChI=1S/C28H40N8O4/c1-18(35-15-22-21(14-29)23(22)16-35)13-19-3-5-20(6-4-19)36-8-7-24(32-27(36)40)31-26(39)34-11-9-33(10-12-34)25(38)28(2,30)17-37/h3-8,18,21-23,37H,9-17,29-30H2,1-2H3,(H,31,32,39,40)/t18?,21?,22?,23?,28-/m0/s1. The SMILES string of the molecule is CC(Cc1ccc(-n2ccc(NC(=O)N3CCN(C(=O)[C@@](C)(N)CO)CC3)nc2=O)cc1)N1CC2C(CN)C2C1. The molecule has 3 fully saturated rings. The van der Waals surface area contributed by atoms with Gasteiger partial charge in [-0.15, -0.1) is 0 Å². The Morgan fingerprint density at radius 2 is 1.73 bits per heavy atom. The topological polar surface area (TPSA) is 163 Å². The molecule has 1 aromatic heterocycles.